The van der Waals surface area contributed by atoms with E-state index in [4.69, 9.17) is 0 Å². The number of ketones is 1. The van der Waals surface area contributed by atoms with Crippen molar-refractivity contribution in [3.63, 3.8) is 0 Å². The summed E-state index contributed by atoms with van der Waals surface area (Å²) in [5, 5.41) is 19.1. The van der Waals surface area contributed by atoms with Gasteiger partial charge in [-0.15, -0.1) is 0 Å². The molecule has 4 rings (SSSR count). The van der Waals surface area contributed by atoms with Crippen LogP contribution in [0.5, 0.6) is 5.75 Å². The van der Waals surface area contributed by atoms with Gasteiger partial charge in [0.25, 0.3) is 11.8 Å². The predicted octanol–water partition coefficient (Wildman–Crippen LogP) is 1.83. The fraction of sp³-hybridized carbons (Fsp3) is 0.200. The van der Waals surface area contributed by atoms with Crippen LogP contribution in [0, 0.1) is 6.92 Å². The highest BCUT2D eigenvalue weighted by molar-refractivity contribution is 6.11. The van der Waals surface area contributed by atoms with Gasteiger partial charge in [-0.25, -0.2) is 0 Å². The molecule has 4 N–H and O–H groups in total. The molecule has 3 aromatic rings. The number of phenolic OH excluding ortho intramolecular Hbond substituents is 1. The lowest BCUT2D eigenvalue weighted by molar-refractivity contribution is 0.0896. The summed E-state index contributed by atoms with van der Waals surface area (Å²) in [4.78, 5) is 41.8. The SMILES string of the molecule is Cc1ccc(C(=O)c2ccc(C(=O)N[C@@H]3CNC[C@H]3NC(=O)c3ccncc3)cc2)c(O)c1. The Morgan fingerprint density at radius 2 is 1.39 bits per heavy atom. The largest absolute Gasteiger partial charge is 0.507 e. The molecular weight excluding hydrogens is 420 g/mol. The summed E-state index contributed by atoms with van der Waals surface area (Å²) >= 11 is 0. The molecule has 2 atom stereocenters. The minimum atomic E-state index is -0.321. The van der Waals surface area contributed by atoms with Gasteiger partial charge in [0.2, 0.25) is 0 Å². The standard InChI is InChI=1S/C25H24N4O4/c1-15-2-7-19(22(30)12-15)23(31)16-3-5-17(6-4-16)24(32)28-20-13-27-14-21(20)29-25(33)18-8-10-26-11-9-18/h2-12,20-21,27,30H,13-14H2,1H3,(H,28,32)(H,29,33)/t20-,21-/m1/s1. The molecule has 8 heteroatoms. The molecule has 1 saturated heterocycles. The first-order valence-electron chi connectivity index (χ1n) is 10.6. The Labute approximate surface area is 191 Å². The first-order chi connectivity index (χ1) is 15.9. The van der Waals surface area contributed by atoms with Gasteiger partial charge in [0.05, 0.1) is 17.6 Å². The molecule has 2 aromatic carbocycles. The van der Waals surface area contributed by atoms with Crippen LogP contribution < -0.4 is 16.0 Å². The summed E-state index contributed by atoms with van der Waals surface area (Å²) in [6.45, 7) is 2.89. The van der Waals surface area contributed by atoms with Gasteiger partial charge >= 0.3 is 0 Å². The predicted molar refractivity (Wildman–Crippen MR) is 122 cm³/mol. The van der Waals surface area contributed by atoms with Crippen LogP contribution in [0.3, 0.4) is 0 Å². The van der Waals surface area contributed by atoms with E-state index in [-0.39, 0.29) is 41.0 Å². The zero-order valence-corrected chi connectivity index (χ0v) is 18.0. The van der Waals surface area contributed by atoms with Crippen molar-refractivity contribution in [1.82, 2.24) is 20.9 Å². The summed E-state index contributed by atoms with van der Waals surface area (Å²) < 4.78 is 0. The lowest BCUT2D eigenvalue weighted by Gasteiger charge is -2.21. The number of rotatable bonds is 6. The number of carbonyl (C=O) groups is 3. The van der Waals surface area contributed by atoms with E-state index in [1.54, 1.807) is 60.9 Å². The number of carbonyl (C=O) groups excluding carboxylic acids is 3. The van der Waals surface area contributed by atoms with E-state index in [1.807, 2.05) is 6.92 Å². The quantitative estimate of drug-likeness (QED) is 0.431. The number of hydrogen-bond acceptors (Lipinski definition) is 6. The van der Waals surface area contributed by atoms with Crippen LogP contribution in [0.25, 0.3) is 0 Å². The van der Waals surface area contributed by atoms with Crippen LogP contribution >= 0.6 is 0 Å². The Balaban J connectivity index is 1.40. The molecule has 1 aliphatic heterocycles. The smallest absolute Gasteiger partial charge is 0.251 e. The Morgan fingerprint density at radius 3 is 1.97 bits per heavy atom. The van der Waals surface area contributed by atoms with Crippen molar-refractivity contribution in [3.05, 3.63) is 94.8 Å². The van der Waals surface area contributed by atoms with Crippen LogP contribution in [0.4, 0.5) is 0 Å². The summed E-state index contributed by atoms with van der Waals surface area (Å²) in [5.74, 6) is -0.926. The topological polar surface area (TPSA) is 120 Å². The van der Waals surface area contributed by atoms with Crippen molar-refractivity contribution < 1.29 is 19.5 Å². The van der Waals surface area contributed by atoms with Crippen LogP contribution in [0.1, 0.15) is 42.2 Å². The average Bonchev–Trinajstić information content (AvgIpc) is 3.25. The molecule has 0 bridgehead atoms. The molecule has 33 heavy (non-hydrogen) atoms. The Kier molecular flexibility index (Phi) is 6.46. The summed E-state index contributed by atoms with van der Waals surface area (Å²) in [5.41, 5.74) is 2.33. The van der Waals surface area contributed by atoms with Crippen molar-refractivity contribution in [3.8, 4) is 5.75 Å². The minimum Gasteiger partial charge on any atom is -0.507 e. The van der Waals surface area contributed by atoms with Gasteiger partial charge in [-0.05, 0) is 48.9 Å². The van der Waals surface area contributed by atoms with E-state index in [0.717, 1.165) is 5.56 Å². The van der Waals surface area contributed by atoms with Crippen LogP contribution in [-0.4, -0.2) is 52.9 Å². The molecule has 1 aromatic heterocycles. The number of pyridine rings is 1. The molecule has 2 amide bonds. The Hall–Kier alpha value is -4.04. The molecule has 0 aliphatic carbocycles. The molecule has 8 nitrogen and oxygen atoms in total. The zero-order valence-electron chi connectivity index (χ0n) is 18.0. The van der Waals surface area contributed by atoms with Gasteiger partial charge in [0, 0.05) is 42.2 Å². The van der Waals surface area contributed by atoms with E-state index >= 15 is 0 Å². The van der Waals surface area contributed by atoms with Crippen molar-refractivity contribution in [1.29, 1.82) is 0 Å². The van der Waals surface area contributed by atoms with Crippen molar-refractivity contribution in [2.45, 2.75) is 19.0 Å². The lowest BCUT2D eigenvalue weighted by atomic mass is 10.00. The fourth-order valence-corrected chi connectivity index (χ4v) is 3.75. The summed E-state index contributed by atoms with van der Waals surface area (Å²) in [6, 6.07) is 13.9. The lowest BCUT2D eigenvalue weighted by Crippen LogP contribution is -2.51. The molecule has 0 spiro atoms. The van der Waals surface area contributed by atoms with E-state index in [0.29, 0.717) is 29.8 Å². The number of aromatic nitrogens is 1. The monoisotopic (exact) mass is 444 g/mol. The first kappa shape index (κ1) is 22.2. The summed E-state index contributed by atoms with van der Waals surface area (Å²) in [6.07, 6.45) is 3.10. The molecule has 1 aliphatic rings. The number of nitrogens with one attached hydrogen (secondary N) is 3. The molecule has 168 valence electrons. The third kappa shape index (κ3) is 5.07. The van der Waals surface area contributed by atoms with Gasteiger partial charge in [0.15, 0.2) is 5.78 Å². The van der Waals surface area contributed by atoms with Crippen LogP contribution in [-0.2, 0) is 0 Å². The molecule has 1 fully saturated rings. The number of aromatic hydroxyl groups is 1. The molecular formula is C25H24N4O4. The van der Waals surface area contributed by atoms with Gasteiger partial charge in [-0.1, -0.05) is 18.2 Å². The van der Waals surface area contributed by atoms with Crippen molar-refractivity contribution in [2.24, 2.45) is 0 Å². The Bertz CT molecular complexity index is 1180. The number of benzene rings is 2. The highest BCUT2D eigenvalue weighted by atomic mass is 16.3. The van der Waals surface area contributed by atoms with Crippen LogP contribution in [0.2, 0.25) is 0 Å². The highest BCUT2D eigenvalue weighted by Crippen LogP contribution is 2.22. The molecule has 0 unspecified atom stereocenters. The second-order valence-electron chi connectivity index (χ2n) is 7.98. The molecule has 2 heterocycles. The highest BCUT2D eigenvalue weighted by Gasteiger charge is 2.30. The Morgan fingerprint density at radius 1 is 0.848 bits per heavy atom. The normalized spacial score (nSPS) is 17.4. The van der Waals surface area contributed by atoms with Gasteiger partial charge < -0.3 is 21.1 Å². The van der Waals surface area contributed by atoms with E-state index in [9.17, 15) is 19.5 Å². The number of hydrogen-bond donors (Lipinski definition) is 4. The fourth-order valence-electron chi connectivity index (χ4n) is 3.75. The maximum absolute atomic E-state index is 12.8. The van der Waals surface area contributed by atoms with Crippen LogP contribution in [0.15, 0.2) is 67.0 Å². The second kappa shape index (κ2) is 9.62. The zero-order chi connectivity index (χ0) is 23.4. The van der Waals surface area contributed by atoms with Gasteiger partial charge in [0.1, 0.15) is 5.75 Å². The van der Waals surface area contributed by atoms with E-state index < -0.39 is 0 Å². The first-order valence-corrected chi connectivity index (χ1v) is 10.6. The van der Waals surface area contributed by atoms with E-state index in [2.05, 4.69) is 20.9 Å². The summed E-state index contributed by atoms with van der Waals surface area (Å²) in [7, 11) is 0. The minimum absolute atomic E-state index is 0.0737. The second-order valence-corrected chi connectivity index (χ2v) is 7.98. The van der Waals surface area contributed by atoms with Gasteiger partial charge in [-0.3, -0.25) is 19.4 Å². The number of aryl methyl sites for hydroxylation is 1. The average molecular weight is 444 g/mol. The molecule has 0 saturated carbocycles. The van der Waals surface area contributed by atoms with Crippen molar-refractivity contribution >= 4 is 17.6 Å². The number of nitrogens with zero attached hydrogens (tertiary/aromatic N) is 1. The van der Waals surface area contributed by atoms with E-state index in [1.165, 1.54) is 6.07 Å². The van der Waals surface area contributed by atoms with Crippen molar-refractivity contribution in [2.75, 3.05) is 13.1 Å². The third-order valence-electron chi connectivity index (χ3n) is 5.60. The number of amides is 2. The third-order valence-corrected chi connectivity index (χ3v) is 5.60. The van der Waals surface area contributed by atoms with Gasteiger partial charge in [-0.2, -0.15) is 0 Å². The maximum atomic E-state index is 12.8. The maximum Gasteiger partial charge on any atom is 0.251 e. The molecule has 0 radical (unpaired) electrons. The number of phenols is 1.